The Hall–Kier alpha value is -2.00. The Morgan fingerprint density at radius 3 is 1.36 bits per heavy atom. The van der Waals surface area contributed by atoms with Gasteiger partial charge in [0, 0.05) is 25.5 Å². The highest BCUT2D eigenvalue weighted by molar-refractivity contribution is 5.60. The normalized spacial score (nSPS) is 10.9. The molecule has 0 aromatic heterocycles. The van der Waals surface area contributed by atoms with Crippen LogP contribution in [0.15, 0.2) is 24.3 Å². The first kappa shape index (κ1) is 16.4. The van der Waals surface area contributed by atoms with Crippen molar-refractivity contribution in [1.29, 1.82) is 0 Å². The number of aliphatic hydroxyl groups excluding tert-OH is 1. The molecule has 0 atom stereocenters. The Morgan fingerprint density at radius 1 is 0.682 bits per heavy atom. The average Bonchev–Trinajstić information content (AvgIpc) is 2.52. The predicted molar refractivity (Wildman–Crippen MR) is 95.0 cm³/mol. The Kier molecular flexibility index (Phi) is 4.77. The van der Waals surface area contributed by atoms with Gasteiger partial charge in [0.1, 0.15) is 6.10 Å². The summed E-state index contributed by atoms with van der Waals surface area (Å²) >= 11 is 0. The molecular formula is C19H26N2O. The molecule has 2 rings (SSSR count). The van der Waals surface area contributed by atoms with Crippen LogP contribution in [0, 0.1) is 27.7 Å². The van der Waals surface area contributed by atoms with Gasteiger partial charge in [-0.25, -0.2) is 0 Å². The standard InChI is InChI=1S/C19H26N2O/c1-11-13(3)17(20-5)9-7-15(11)19(22)16-8-10-18(21-6)14(4)12(16)2/h7-10,19-22H,1-6H3. The second-order valence-corrected chi connectivity index (χ2v) is 5.81. The van der Waals surface area contributed by atoms with Gasteiger partial charge in [0.15, 0.2) is 0 Å². The SMILES string of the molecule is CNc1ccc(C(O)c2ccc(NC)c(C)c2C)c(C)c1C. The van der Waals surface area contributed by atoms with E-state index < -0.39 is 6.10 Å². The lowest BCUT2D eigenvalue weighted by molar-refractivity contribution is 0.218. The third-order valence-electron chi connectivity index (χ3n) is 4.79. The van der Waals surface area contributed by atoms with Crippen LogP contribution in [0.2, 0.25) is 0 Å². The van der Waals surface area contributed by atoms with Gasteiger partial charge in [-0.2, -0.15) is 0 Å². The third-order valence-corrected chi connectivity index (χ3v) is 4.79. The maximum Gasteiger partial charge on any atom is 0.105 e. The van der Waals surface area contributed by atoms with Crippen LogP contribution in [0.1, 0.15) is 39.5 Å². The first-order valence-electron chi connectivity index (χ1n) is 7.66. The fraction of sp³-hybridized carbons (Fsp3) is 0.368. The maximum absolute atomic E-state index is 10.9. The summed E-state index contributed by atoms with van der Waals surface area (Å²) in [6.45, 7) is 8.30. The Balaban J connectivity index is 2.51. The fourth-order valence-corrected chi connectivity index (χ4v) is 2.98. The molecule has 0 unspecified atom stereocenters. The molecule has 3 heteroatoms. The molecule has 3 nitrogen and oxygen atoms in total. The minimum atomic E-state index is -0.603. The molecule has 0 aliphatic carbocycles. The fourth-order valence-electron chi connectivity index (χ4n) is 2.98. The summed E-state index contributed by atoms with van der Waals surface area (Å²) in [4.78, 5) is 0. The van der Waals surface area contributed by atoms with Gasteiger partial charge in [-0.3, -0.25) is 0 Å². The van der Waals surface area contributed by atoms with Crippen LogP contribution in [0.5, 0.6) is 0 Å². The minimum absolute atomic E-state index is 0.603. The van der Waals surface area contributed by atoms with Gasteiger partial charge in [0.25, 0.3) is 0 Å². The highest BCUT2D eigenvalue weighted by Crippen LogP contribution is 2.33. The Labute approximate surface area is 133 Å². The molecule has 0 spiro atoms. The van der Waals surface area contributed by atoms with Gasteiger partial charge in [0.2, 0.25) is 0 Å². The van der Waals surface area contributed by atoms with Crippen LogP contribution in [-0.2, 0) is 0 Å². The van der Waals surface area contributed by atoms with Gasteiger partial charge in [-0.15, -0.1) is 0 Å². The van der Waals surface area contributed by atoms with Crippen LogP contribution >= 0.6 is 0 Å². The van der Waals surface area contributed by atoms with Gasteiger partial charge >= 0.3 is 0 Å². The summed E-state index contributed by atoms with van der Waals surface area (Å²) in [7, 11) is 3.84. The molecule has 0 saturated carbocycles. The zero-order valence-electron chi connectivity index (χ0n) is 14.3. The van der Waals surface area contributed by atoms with Crippen molar-refractivity contribution >= 4 is 11.4 Å². The summed E-state index contributed by atoms with van der Waals surface area (Å²) in [5.74, 6) is 0. The molecule has 0 amide bonds. The van der Waals surface area contributed by atoms with Crippen molar-refractivity contribution in [3.8, 4) is 0 Å². The van der Waals surface area contributed by atoms with E-state index in [-0.39, 0.29) is 0 Å². The van der Waals surface area contributed by atoms with Crippen LogP contribution in [0.25, 0.3) is 0 Å². The molecule has 118 valence electrons. The van der Waals surface area contributed by atoms with Crippen molar-refractivity contribution in [3.63, 3.8) is 0 Å². The van der Waals surface area contributed by atoms with E-state index in [2.05, 4.69) is 38.3 Å². The molecular weight excluding hydrogens is 272 g/mol. The van der Waals surface area contributed by atoms with Crippen LogP contribution in [0.4, 0.5) is 11.4 Å². The molecule has 0 saturated heterocycles. The molecule has 0 aliphatic rings. The molecule has 3 N–H and O–H groups in total. The summed E-state index contributed by atoms with van der Waals surface area (Å²) in [6, 6.07) is 8.09. The molecule has 0 aliphatic heterocycles. The summed E-state index contributed by atoms with van der Waals surface area (Å²) in [6.07, 6.45) is -0.603. The van der Waals surface area contributed by atoms with Crippen LogP contribution in [-0.4, -0.2) is 19.2 Å². The van der Waals surface area contributed by atoms with Gasteiger partial charge in [-0.05, 0) is 73.2 Å². The summed E-state index contributed by atoms with van der Waals surface area (Å²) < 4.78 is 0. The van der Waals surface area contributed by atoms with Gasteiger partial charge < -0.3 is 15.7 Å². The largest absolute Gasteiger partial charge is 0.388 e. The summed E-state index contributed by atoms with van der Waals surface area (Å²) in [5, 5.41) is 17.3. The van der Waals surface area contributed by atoms with E-state index in [1.54, 1.807) is 0 Å². The Bertz CT molecular complexity index is 633. The van der Waals surface area contributed by atoms with Crippen LogP contribution < -0.4 is 10.6 Å². The van der Waals surface area contributed by atoms with Gasteiger partial charge in [-0.1, -0.05) is 12.1 Å². The average molecular weight is 298 g/mol. The molecule has 0 bridgehead atoms. The van der Waals surface area contributed by atoms with E-state index in [1.807, 2.05) is 38.4 Å². The number of aliphatic hydroxyl groups is 1. The molecule has 2 aromatic rings. The number of hydrogen-bond donors (Lipinski definition) is 3. The van der Waals surface area contributed by atoms with Crippen molar-refractivity contribution in [2.45, 2.75) is 33.8 Å². The monoisotopic (exact) mass is 298 g/mol. The third kappa shape index (κ3) is 2.69. The molecule has 22 heavy (non-hydrogen) atoms. The lowest BCUT2D eigenvalue weighted by atomic mass is 9.90. The number of rotatable bonds is 4. The number of benzene rings is 2. The van der Waals surface area contributed by atoms with Crippen molar-refractivity contribution in [3.05, 3.63) is 57.6 Å². The van der Waals surface area contributed by atoms with E-state index in [1.165, 1.54) is 11.1 Å². The lowest BCUT2D eigenvalue weighted by Crippen LogP contribution is -2.08. The number of hydrogen-bond acceptors (Lipinski definition) is 3. The van der Waals surface area contributed by atoms with Crippen molar-refractivity contribution in [2.24, 2.45) is 0 Å². The van der Waals surface area contributed by atoms with Crippen molar-refractivity contribution in [1.82, 2.24) is 0 Å². The molecule has 0 fully saturated rings. The van der Waals surface area contributed by atoms with Gasteiger partial charge in [0.05, 0.1) is 0 Å². The number of nitrogens with one attached hydrogen (secondary N) is 2. The highest BCUT2D eigenvalue weighted by atomic mass is 16.3. The van der Waals surface area contributed by atoms with E-state index in [9.17, 15) is 5.11 Å². The molecule has 0 heterocycles. The zero-order chi connectivity index (χ0) is 16.4. The highest BCUT2D eigenvalue weighted by Gasteiger charge is 2.18. The topological polar surface area (TPSA) is 44.3 Å². The minimum Gasteiger partial charge on any atom is -0.388 e. The molecule has 0 radical (unpaired) electrons. The van der Waals surface area contributed by atoms with Crippen molar-refractivity contribution < 1.29 is 5.11 Å². The number of anilines is 2. The van der Waals surface area contributed by atoms with Crippen LogP contribution in [0.3, 0.4) is 0 Å². The van der Waals surface area contributed by atoms with E-state index in [4.69, 9.17) is 0 Å². The lowest BCUT2D eigenvalue weighted by Gasteiger charge is -2.21. The zero-order valence-corrected chi connectivity index (χ0v) is 14.3. The second kappa shape index (κ2) is 6.41. The predicted octanol–water partition coefficient (Wildman–Crippen LogP) is 4.09. The quantitative estimate of drug-likeness (QED) is 0.796. The first-order chi connectivity index (χ1) is 10.4. The Morgan fingerprint density at radius 2 is 1.05 bits per heavy atom. The smallest absolute Gasteiger partial charge is 0.105 e. The second-order valence-electron chi connectivity index (χ2n) is 5.81. The maximum atomic E-state index is 10.9. The molecule has 2 aromatic carbocycles. The first-order valence-corrected chi connectivity index (χ1v) is 7.66. The van der Waals surface area contributed by atoms with E-state index >= 15 is 0 Å². The summed E-state index contributed by atoms with van der Waals surface area (Å²) in [5.41, 5.74) is 8.77. The van der Waals surface area contributed by atoms with E-state index in [0.717, 1.165) is 33.6 Å². The van der Waals surface area contributed by atoms with Crippen molar-refractivity contribution in [2.75, 3.05) is 24.7 Å². The van der Waals surface area contributed by atoms with E-state index in [0.29, 0.717) is 0 Å².